The molecule has 0 bridgehead atoms. The molecular weight excluding hydrogens is 115 g/mol. The molecule has 0 fully saturated rings. The maximum atomic E-state index is 0. The van der Waals surface area contributed by atoms with Crippen molar-refractivity contribution in [2.75, 3.05) is 0 Å². The minimum atomic E-state index is 0. The van der Waals surface area contributed by atoms with Crippen LogP contribution in [0.2, 0.25) is 0 Å². The summed E-state index contributed by atoms with van der Waals surface area (Å²) >= 11 is 0. The third kappa shape index (κ3) is 32.8. The largest absolute Gasteiger partial charge is 1.00 e. The molecule has 0 heterocycles. The first-order chi connectivity index (χ1) is 0. The van der Waals surface area contributed by atoms with Crippen LogP contribution in [0, 0.1) is 0 Å². The SMILES string of the molecule is F.F.F.[F-].[K+]. The van der Waals surface area contributed by atoms with E-state index in [4.69, 9.17) is 0 Å². The Kier molecular flexibility index (Phi) is 1100. The molecule has 0 rings (SSSR count). The van der Waals surface area contributed by atoms with Gasteiger partial charge in [0.15, 0.2) is 0 Å². The van der Waals surface area contributed by atoms with Crippen molar-refractivity contribution in [3.63, 3.8) is 0 Å². The van der Waals surface area contributed by atoms with Gasteiger partial charge in [-0.25, -0.2) is 0 Å². The monoisotopic (exact) mass is 118 g/mol. The molecule has 0 aliphatic rings. The molecule has 0 N–H and O–H groups in total. The summed E-state index contributed by atoms with van der Waals surface area (Å²) < 4.78 is 0. The summed E-state index contributed by atoms with van der Waals surface area (Å²) in [6.07, 6.45) is 0. The summed E-state index contributed by atoms with van der Waals surface area (Å²) in [7, 11) is 0. The summed E-state index contributed by atoms with van der Waals surface area (Å²) in [5, 5.41) is 0. The molecule has 0 radical (unpaired) electrons. The van der Waals surface area contributed by atoms with Crippen molar-refractivity contribution in [2.45, 2.75) is 0 Å². The second kappa shape index (κ2) is 55.3. The Morgan fingerprint density at radius 1 is 0.600 bits per heavy atom. The van der Waals surface area contributed by atoms with Gasteiger partial charge >= 0.3 is 51.4 Å². The smallest absolute Gasteiger partial charge is 1.00 e. The molecular formula is H3F4K. The molecule has 0 aliphatic carbocycles. The van der Waals surface area contributed by atoms with Crippen LogP contribution in [0.5, 0.6) is 0 Å². The van der Waals surface area contributed by atoms with Crippen LogP contribution in [0.15, 0.2) is 0 Å². The van der Waals surface area contributed by atoms with E-state index < -0.39 is 0 Å². The molecule has 0 aromatic carbocycles. The Labute approximate surface area is 69.2 Å². The molecule has 0 atom stereocenters. The standard InChI is InChI=1S/4FH.K/h4*1H;/q;;;;+1/p-1. The van der Waals surface area contributed by atoms with Crippen LogP contribution in [0.3, 0.4) is 0 Å². The first kappa shape index (κ1) is 99.1. The summed E-state index contributed by atoms with van der Waals surface area (Å²) in [5.74, 6) is 0. The van der Waals surface area contributed by atoms with Gasteiger partial charge in [0.1, 0.15) is 0 Å². The number of halogens is 4. The van der Waals surface area contributed by atoms with Crippen molar-refractivity contribution in [1.29, 1.82) is 0 Å². The zero-order chi connectivity index (χ0) is 0. The summed E-state index contributed by atoms with van der Waals surface area (Å²) in [6, 6.07) is 0. The first-order valence-electron chi connectivity index (χ1n) is 0. The van der Waals surface area contributed by atoms with E-state index in [1.54, 1.807) is 0 Å². The molecule has 5 heteroatoms. The van der Waals surface area contributed by atoms with Crippen LogP contribution in [0.25, 0.3) is 0 Å². The number of hydrogen-bond acceptors (Lipinski definition) is 0. The minimum Gasteiger partial charge on any atom is -1.00 e. The third-order valence-corrected chi connectivity index (χ3v) is 0. The van der Waals surface area contributed by atoms with Gasteiger partial charge in [0.2, 0.25) is 0 Å². The summed E-state index contributed by atoms with van der Waals surface area (Å²) in [5.41, 5.74) is 0. The molecule has 0 saturated heterocycles. The Hall–Kier alpha value is 1.36. The summed E-state index contributed by atoms with van der Waals surface area (Å²) in [4.78, 5) is 0. The van der Waals surface area contributed by atoms with Gasteiger partial charge in [0.25, 0.3) is 0 Å². The molecule has 0 aliphatic heterocycles. The van der Waals surface area contributed by atoms with Gasteiger partial charge in [0.05, 0.1) is 0 Å². The number of rotatable bonds is 0. The van der Waals surface area contributed by atoms with Crippen molar-refractivity contribution >= 4 is 0 Å². The van der Waals surface area contributed by atoms with E-state index in [0.717, 1.165) is 0 Å². The van der Waals surface area contributed by atoms with Crippen molar-refractivity contribution in [3.8, 4) is 0 Å². The van der Waals surface area contributed by atoms with Gasteiger partial charge in [0, 0.05) is 0 Å². The fourth-order valence-electron chi connectivity index (χ4n) is 0. The summed E-state index contributed by atoms with van der Waals surface area (Å²) in [6.45, 7) is 0. The molecule has 0 spiro atoms. The molecule has 0 aromatic heterocycles. The predicted octanol–water partition coefficient (Wildman–Crippen LogP) is -5.53. The van der Waals surface area contributed by atoms with Crippen molar-refractivity contribution in [3.05, 3.63) is 0 Å². The average Bonchev–Trinajstić information content (AvgIpc) is 0. The molecule has 5 heavy (non-hydrogen) atoms. The normalized spacial score (nSPS) is 0. The van der Waals surface area contributed by atoms with E-state index in [9.17, 15) is 0 Å². The van der Waals surface area contributed by atoms with E-state index in [-0.39, 0.29) is 70.2 Å². The van der Waals surface area contributed by atoms with Gasteiger partial charge in [-0.05, 0) is 0 Å². The molecule has 0 unspecified atom stereocenters. The maximum Gasteiger partial charge on any atom is 1.00 e. The fraction of sp³-hybridized carbons (Fsp3) is 0. The minimum absolute atomic E-state index is 0. The van der Waals surface area contributed by atoms with Crippen LogP contribution >= 0.6 is 0 Å². The second-order valence-electron chi connectivity index (χ2n) is 0. The zero-order valence-electron chi connectivity index (χ0n) is 2.60. The topological polar surface area (TPSA) is 0 Å². The Morgan fingerprint density at radius 3 is 0.600 bits per heavy atom. The quantitative estimate of drug-likeness (QED) is 0.220. The van der Waals surface area contributed by atoms with Crippen LogP contribution < -0.4 is 56.1 Å². The van der Waals surface area contributed by atoms with Gasteiger partial charge in [-0.3, -0.25) is 14.1 Å². The van der Waals surface area contributed by atoms with Crippen LogP contribution in [-0.2, 0) is 0 Å². The molecule has 0 saturated carbocycles. The Balaban J connectivity index is 0. The maximum absolute atomic E-state index is 0. The van der Waals surface area contributed by atoms with E-state index in [2.05, 4.69) is 0 Å². The van der Waals surface area contributed by atoms with Gasteiger partial charge in [-0.1, -0.05) is 0 Å². The average molecular weight is 118 g/mol. The van der Waals surface area contributed by atoms with Crippen LogP contribution in [0.4, 0.5) is 14.1 Å². The van der Waals surface area contributed by atoms with E-state index >= 15 is 0 Å². The van der Waals surface area contributed by atoms with Crippen molar-refractivity contribution in [1.82, 2.24) is 0 Å². The first-order valence-corrected chi connectivity index (χ1v) is 0. The van der Waals surface area contributed by atoms with Crippen molar-refractivity contribution < 1.29 is 70.2 Å². The van der Waals surface area contributed by atoms with Gasteiger partial charge in [-0.15, -0.1) is 0 Å². The second-order valence-corrected chi connectivity index (χ2v) is 0. The molecule has 0 aromatic rings. The fourth-order valence-corrected chi connectivity index (χ4v) is 0. The van der Waals surface area contributed by atoms with Crippen molar-refractivity contribution in [2.24, 2.45) is 0 Å². The third-order valence-electron chi connectivity index (χ3n) is 0. The van der Waals surface area contributed by atoms with Crippen LogP contribution in [0.1, 0.15) is 0 Å². The zero-order valence-corrected chi connectivity index (χ0v) is 5.73. The van der Waals surface area contributed by atoms with Gasteiger partial charge < -0.3 is 4.70 Å². The Bertz CT molecular complexity index is 3.61. The van der Waals surface area contributed by atoms with E-state index in [0.29, 0.717) is 0 Å². The molecule has 0 amide bonds. The van der Waals surface area contributed by atoms with E-state index in [1.165, 1.54) is 0 Å². The Morgan fingerprint density at radius 2 is 0.600 bits per heavy atom. The predicted molar refractivity (Wildman–Crippen MR) is 7.51 cm³/mol. The molecule has 0 nitrogen and oxygen atoms in total. The van der Waals surface area contributed by atoms with Gasteiger partial charge in [-0.2, -0.15) is 0 Å². The number of hydrogen-bond donors (Lipinski definition) is 0. The van der Waals surface area contributed by atoms with E-state index in [1.807, 2.05) is 0 Å². The van der Waals surface area contributed by atoms with Crippen LogP contribution in [-0.4, -0.2) is 0 Å². The molecule has 32 valence electrons.